The number of aryl methyl sites for hydroxylation is 3. The molecule has 0 saturated carbocycles. The molecule has 7 nitrogen and oxygen atoms in total. The lowest BCUT2D eigenvalue weighted by Gasteiger charge is -2.07. The molecular weight excluding hydrogens is 294 g/mol. The average Bonchev–Trinajstić information content (AvgIpc) is 2.88. The zero-order valence-corrected chi connectivity index (χ0v) is 12.9. The van der Waals surface area contributed by atoms with Crippen molar-refractivity contribution in [2.24, 2.45) is 7.05 Å². The number of nitrogens with zero attached hydrogens (tertiary/aromatic N) is 5. The Bertz CT molecular complexity index is 1030. The Balaban J connectivity index is 2.17. The van der Waals surface area contributed by atoms with Crippen LogP contribution in [0.3, 0.4) is 0 Å². The maximum absolute atomic E-state index is 12.4. The van der Waals surface area contributed by atoms with Crippen molar-refractivity contribution in [1.29, 1.82) is 5.26 Å². The highest BCUT2D eigenvalue weighted by Gasteiger charge is 2.18. The number of imidazole rings is 1. The highest BCUT2D eigenvalue weighted by atomic mass is 16.2. The molecule has 1 aromatic carbocycles. The second-order valence-electron chi connectivity index (χ2n) is 5.30. The molecule has 7 heteroatoms. The molecule has 0 aliphatic heterocycles. The lowest BCUT2D eigenvalue weighted by Crippen LogP contribution is -2.37. The molecule has 0 aliphatic carbocycles. The fourth-order valence-corrected chi connectivity index (χ4v) is 2.65. The standard InChI is InChI=1S/C16H15N5O2/c1-11-18-14-13(15(22)19(2)16(23)21(14)10-17)20(11)9-8-12-6-4-3-5-7-12/h3-7H,8-9H2,1-2H3. The first-order valence-corrected chi connectivity index (χ1v) is 7.17. The summed E-state index contributed by atoms with van der Waals surface area (Å²) >= 11 is 0. The molecule has 2 aromatic heterocycles. The molecule has 0 bridgehead atoms. The molecule has 3 aromatic rings. The molecule has 0 fully saturated rings. The molecule has 0 aliphatic rings. The largest absolute Gasteiger partial charge is 0.346 e. The van der Waals surface area contributed by atoms with Crippen molar-refractivity contribution >= 4 is 11.2 Å². The van der Waals surface area contributed by atoms with Crippen LogP contribution in [0.25, 0.3) is 11.2 Å². The van der Waals surface area contributed by atoms with Crippen molar-refractivity contribution in [2.45, 2.75) is 19.9 Å². The van der Waals surface area contributed by atoms with Gasteiger partial charge >= 0.3 is 5.69 Å². The Kier molecular flexibility index (Phi) is 3.58. The van der Waals surface area contributed by atoms with Gasteiger partial charge in [-0.2, -0.15) is 9.83 Å². The van der Waals surface area contributed by atoms with Gasteiger partial charge in [-0.1, -0.05) is 30.3 Å². The van der Waals surface area contributed by atoms with Crippen molar-refractivity contribution in [3.05, 3.63) is 62.6 Å². The van der Waals surface area contributed by atoms with Gasteiger partial charge in [0.15, 0.2) is 17.4 Å². The Hall–Kier alpha value is -3.14. The summed E-state index contributed by atoms with van der Waals surface area (Å²) in [6.45, 7) is 2.31. The summed E-state index contributed by atoms with van der Waals surface area (Å²) in [5, 5.41) is 9.19. The van der Waals surface area contributed by atoms with E-state index in [1.54, 1.807) is 17.7 Å². The molecule has 3 rings (SSSR count). The van der Waals surface area contributed by atoms with Crippen molar-refractivity contribution < 1.29 is 0 Å². The van der Waals surface area contributed by atoms with Gasteiger partial charge < -0.3 is 4.57 Å². The molecular formula is C16H15N5O2. The van der Waals surface area contributed by atoms with E-state index in [0.717, 1.165) is 21.1 Å². The molecule has 0 atom stereocenters. The van der Waals surface area contributed by atoms with E-state index in [0.29, 0.717) is 12.4 Å². The quantitative estimate of drug-likeness (QED) is 0.715. The summed E-state index contributed by atoms with van der Waals surface area (Å²) < 4.78 is 3.55. The zero-order chi connectivity index (χ0) is 16.6. The van der Waals surface area contributed by atoms with Crippen LogP contribution in [0.2, 0.25) is 0 Å². The van der Waals surface area contributed by atoms with Gasteiger partial charge in [0.2, 0.25) is 0 Å². The number of fused-ring (bicyclic) bond motifs is 1. The predicted octanol–water partition coefficient (Wildman–Crippen LogP) is 0.777. The van der Waals surface area contributed by atoms with Gasteiger partial charge in [-0.3, -0.25) is 9.36 Å². The summed E-state index contributed by atoms with van der Waals surface area (Å²) in [7, 11) is 1.36. The first-order valence-electron chi connectivity index (χ1n) is 7.17. The number of nitriles is 1. The topological polar surface area (TPSA) is 85.6 Å². The number of rotatable bonds is 3. The minimum Gasteiger partial charge on any atom is -0.322 e. The van der Waals surface area contributed by atoms with Crippen LogP contribution in [0.1, 0.15) is 11.4 Å². The van der Waals surface area contributed by atoms with Gasteiger partial charge in [-0.25, -0.2) is 9.78 Å². The van der Waals surface area contributed by atoms with Gasteiger partial charge in [0.05, 0.1) is 0 Å². The number of hydrogen-bond acceptors (Lipinski definition) is 4. The maximum Gasteiger partial charge on any atom is 0.346 e. The molecule has 0 radical (unpaired) electrons. The Morgan fingerprint density at radius 3 is 2.57 bits per heavy atom. The Morgan fingerprint density at radius 1 is 1.22 bits per heavy atom. The van der Waals surface area contributed by atoms with Crippen molar-refractivity contribution in [3.63, 3.8) is 0 Å². The van der Waals surface area contributed by atoms with Gasteiger partial charge in [-0.15, -0.1) is 0 Å². The van der Waals surface area contributed by atoms with E-state index in [9.17, 15) is 14.9 Å². The normalized spacial score (nSPS) is 10.8. The van der Waals surface area contributed by atoms with E-state index in [1.807, 2.05) is 30.3 Å². The summed E-state index contributed by atoms with van der Waals surface area (Å²) in [6, 6.07) is 9.89. The minimum atomic E-state index is -0.683. The summed E-state index contributed by atoms with van der Waals surface area (Å²) in [5.41, 5.74) is 0.412. The predicted molar refractivity (Wildman–Crippen MR) is 85.1 cm³/mol. The van der Waals surface area contributed by atoms with Crippen LogP contribution < -0.4 is 11.2 Å². The van der Waals surface area contributed by atoms with E-state index in [-0.39, 0.29) is 11.2 Å². The van der Waals surface area contributed by atoms with Crippen LogP contribution in [-0.4, -0.2) is 18.7 Å². The highest BCUT2D eigenvalue weighted by Crippen LogP contribution is 2.12. The second-order valence-corrected chi connectivity index (χ2v) is 5.30. The highest BCUT2D eigenvalue weighted by molar-refractivity contribution is 5.71. The SMILES string of the molecule is Cc1nc2c(c(=O)n(C)c(=O)n2C#N)n1CCc1ccccc1. The summed E-state index contributed by atoms with van der Waals surface area (Å²) in [4.78, 5) is 28.7. The van der Waals surface area contributed by atoms with Crippen molar-refractivity contribution in [1.82, 2.24) is 18.7 Å². The van der Waals surface area contributed by atoms with Crippen LogP contribution in [0.15, 0.2) is 39.9 Å². The second kappa shape index (κ2) is 5.57. The monoisotopic (exact) mass is 309 g/mol. The molecule has 2 heterocycles. The Morgan fingerprint density at radius 2 is 1.91 bits per heavy atom. The maximum atomic E-state index is 12.4. The van der Waals surface area contributed by atoms with Crippen LogP contribution in [0.4, 0.5) is 0 Å². The summed E-state index contributed by atoms with van der Waals surface area (Å²) in [6.07, 6.45) is 2.51. The average molecular weight is 309 g/mol. The number of benzene rings is 1. The first kappa shape index (κ1) is 14.8. The number of hydrogen-bond donors (Lipinski definition) is 0. The smallest absolute Gasteiger partial charge is 0.322 e. The molecule has 0 spiro atoms. The zero-order valence-electron chi connectivity index (χ0n) is 12.9. The molecule has 0 N–H and O–H groups in total. The molecule has 116 valence electrons. The third-order valence-corrected chi connectivity index (χ3v) is 3.90. The van der Waals surface area contributed by atoms with Crippen LogP contribution in [0.5, 0.6) is 0 Å². The first-order chi connectivity index (χ1) is 11.0. The molecule has 0 amide bonds. The number of aromatic nitrogens is 4. The lowest BCUT2D eigenvalue weighted by molar-refractivity contribution is 0.681. The van der Waals surface area contributed by atoms with Crippen molar-refractivity contribution in [3.8, 4) is 6.19 Å². The van der Waals surface area contributed by atoms with Crippen LogP contribution in [0, 0.1) is 18.4 Å². The van der Waals surface area contributed by atoms with Gasteiger partial charge in [-0.05, 0) is 18.9 Å². The fraction of sp³-hybridized carbons (Fsp3) is 0.250. The summed E-state index contributed by atoms with van der Waals surface area (Å²) in [5.74, 6) is 0.600. The minimum absolute atomic E-state index is 0.117. The van der Waals surface area contributed by atoms with Gasteiger partial charge in [0.25, 0.3) is 5.56 Å². The third-order valence-electron chi connectivity index (χ3n) is 3.90. The Labute approximate surface area is 131 Å². The van der Waals surface area contributed by atoms with E-state index < -0.39 is 11.2 Å². The van der Waals surface area contributed by atoms with E-state index >= 15 is 0 Å². The van der Waals surface area contributed by atoms with E-state index in [2.05, 4.69) is 4.98 Å². The van der Waals surface area contributed by atoms with Gasteiger partial charge in [0, 0.05) is 13.6 Å². The van der Waals surface area contributed by atoms with Crippen LogP contribution >= 0.6 is 0 Å². The fourth-order valence-electron chi connectivity index (χ4n) is 2.65. The van der Waals surface area contributed by atoms with Crippen molar-refractivity contribution in [2.75, 3.05) is 0 Å². The molecule has 0 unspecified atom stereocenters. The van der Waals surface area contributed by atoms with E-state index in [1.165, 1.54) is 7.05 Å². The van der Waals surface area contributed by atoms with Gasteiger partial charge in [0.1, 0.15) is 5.82 Å². The lowest BCUT2D eigenvalue weighted by atomic mass is 10.1. The van der Waals surface area contributed by atoms with E-state index in [4.69, 9.17) is 0 Å². The molecule has 0 saturated heterocycles. The third kappa shape index (κ3) is 2.34. The molecule has 23 heavy (non-hydrogen) atoms. The van der Waals surface area contributed by atoms with Crippen LogP contribution in [-0.2, 0) is 20.0 Å².